The first-order chi connectivity index (χ1) is 15.0. The zero-order valence-corrected chi connectivity index (χ0v) is 19.7. The van der Waals surface area contributed by atoms with Gasteiger partial charge in [-0.15, -0.1) is 12.4 Å². The van der Waals surface area contributed by atoms with Gasteiger partial charge in [0, 0.05) is 11.9 Å². The molecule has 2 aromatic heterocycles. The second-order valence-electron chi connectivity index (χ2n) is 7.40. The Balaban J connectivity index is 0.00000289. The fourth-order valence-electron chi connectivity index (χ4n) is 3.38. The predicted octanol–water partition coefficient (Wildman–Crippen LogP) is 4.43. The van der Waals surface area contributed by atoms with Crippen LogP contribution < -0.4 is 15.3 Å². The zero-order valence-electron chi connectivity index (χ0n) is 18.0. The van der Waals surface area contributed by atoms with E-state index < -0.39 is 11.5 Å². The van der Waals surface area contributed by atoms with E-state index in [2.05, 4.69) is 9.88 Å². The van der Waals surface area contributed by atoms with Crippen LogP contribution in [0.4, 0.5) is 5.13 Å². The first-order valence-corrected chi connectivity index (χ1v) is 10.7. The number of para-hydroxylation sites is 2. The number of carbonyl (C=O) groups is 1. The van der Waals surface area contributed by atoms with Crippen LogP contribution in [0.1, 0.15) is 16.8 Å². The summed E-state index contributed by atoms with van der Waals surface area (Å²) in [6, 6.07) is 14.4. The normalized spacial score (nSPS) is 11.0. The topological polar surface area (TPSA) is 75.9 Å². The number of halogens is 1. The highest BCUT2D eigenvalue weighted by Gasteiger charge is 2.25. The number of rotatable bonds is 7. The second-order valence-corrected chi connectivity index (χ2v) is 8.41. The molecule has 0 radical (unpaired) electrons. The summed E-state index contributed by atoms with van der Waals surface area (Å²) < 4.78 is 11.7. The van der Waals surface area contributed by atoms with Gasteiger partial charge in [0.1, 0.15) is 22.4 Å². The van der Waals surface area contributed by atoms with Crippen molar-refractivity contribution in [3.8, 4) is 5.75 Å². The second kappa shape index (κ2) is 10.1. The van der Waals surface area contributed by atoms with Gasteiger partial charge in [-0.05, 0) is 51.3 Å². The van der Waals surface area contributed by atoms with Crippen molar-refractivity contribution >= 4 is 56.0 Å². The summed E-state index contributed by atoms with van der Waals surface area (Å²) >= 11 is 1.39. The van der Waals surface area contributed by atoms with Gasteiger partial charge in [0.15, 0.2) is 5.13 Å². The molecule has 4 rings (SSSR count). The Hall–Kier alpha value is -2.94. The maximum Gasteiger partial charge on any atom is 0.349 e. The molecule has 0 aliphatic carbocycles. The average Bonchev–Trinajstić information content (AvgIpc) is 3.19. The highest BCUT2D eigenvalue weighted by atomic mass is 35.5. The maximum atomic E-state index is 13.5. The molecule has 0 N–H and O–H groups in total. The highest BCUT2D eigenvalue weighted by Crippen LogP contribution is 2.34. The Morgan fingerprint density at radius 3 is 2.66 bits per heavy atom. The van der Waals surface area contributed by atoms with Crippen LogP contribution in [-0.4, -0.2) is 50.1 Å². The van der Waals surface area contributed by atoms with E-state index in [0.29, 0.717) is 33.9 Å². The van der Waals surface area contributed by atoms with Gasteiger partial charge in [-0.1, -0.05) is 35.6 Å². The summed E-state index contributed by atoms with van der Waals surface area (Å²) in [5.74, 6) is 0.224. The fourth-order valence-corrected chi connectivity index (χ4v) is 4.38. The molecule has 0 aliphatic heterocycles. The van der Waals surface area contributed by atoms with Gasteiger partial charge in [0.25, 0.3) is 5.91 Å². The number of carbonyl (C=O) groups excluding carboxylic acids is 1. The van der Waals surface area contributed by atoms with Crippen molar-refractivity contribution in [2.24, 2.45) is 0 Å². The van der Waals surface area contributed by atoms with E-state index >= 15 is 0 Å². The van der Waals surface area contributed by atoms with Crippen LogP contribution in [0.25, 0.3) is 21.2 Å². The molecular formula is C23H24ClN3O4S. The standard InChI is InChI=1S/C23H23N3O4S.ClH/c1-25(2)12-7-13-26(23-24-20-18(29-3)10-6-11-19(20)31-23)21(27)16-14-15-8-4-5-9-17(15)30-22(16)28;/h4-6,8-11,14H,7,12-13H2,1-3H3;1H. The summed E-state index contributed by atoms with van der Waals surface area (Å²) in [5.41, 5.74) is 0.490. The molecule has 4 aromatic rings. The molecule has 32 heavy (non-hydrogen) atoms. The van der Waals surface area contributed by atoms with Crippen LogP contribution in [-0.2, 0) is 0 Å². The predicted molar refractivity (Wildman–Crippen MR) is 131 cm³/mol. The number of thiazole rings is 1. The van der Waals surface area contributed by atoms with Crippen molar-refractivity contribution in [3.05, 3.63) is 64.5 Å². The van der Waals surface area contributed by atoms with Crippen LogP contribution in [0.15, 0.2) is 57.7 Å². The van der Waals surface area contributed by atoms with Crippen molar-refractivity contribution in [1.29, 1.82) is 0 Å². The van der Waals surface area contributed by atoms with E-state index in [9.17, 15) is 9.59 Å². The Morgan fingerprint density at radius 2 is 1.91 bits per heavy atom. The monoisotopic (exact) mass is 473 g/mol. The Morgan fingerprint density at radius 1 is 1.12 bits per heavy atom. The number of hydrogen-bond donors (Lipinski definition) is 0. The van der Waals surface area contributed by atoms with E-state index in [-0.39, 0.29) is 18.0 Å². The molecule has 0 saturated heterocycles. The van der Waals surface area contributed by atoms with E-state index in [1.54, 1.807) is 30.2 Å². The number of ether oxygens (including phenoxy) is 1. The minimum absolute atomic E-state index is 0. The SMILES string of the molecule is COc1cccc2sc(N(CCCN(C)C)C(=O)c3cc4ccccc4oc3=O)nc12.Cl. The van der Waals surface area contributed by atoms with Gasteiger partial charge < -0.3 is 14.1 Å². The molecule has 0 aliphatic rings. The lowest BCUT2D eigenvalue weighted by molar-refractivity contribution is 0.0982. The maximum absolute atomic E-state index is 13.5. The third kappa shape index (κ3) is 4.77. The van der Waals surface area contributed by atoms with E-state index in [1.807, 2.05) is 44.4 Å². The number of anilines is 1. The molecule has 0 atom stereocenters. The van der Waals surface area contributed by atoms with Gasteiger partial charge in [-0.2, -0.15) is 0 Å². The van der Waals surface area contributed by atoms with Crippen LogP contribution in [0.3, 0.4) is 0 Å². The quantitative estimate of drug-likeness (QED) is 0.369. The first kappa shape index (κ1) is 23.7. The fraction of sp³-hybridized carbons (Fsp3) is 0.261. The molecule has 2 heterocycles. The van der Waals surface area contributed by atoms with E-state index in [1.165, 1.54) is 11.3 Å². The molecular weight excluding hydrogens is 450 g/mol. The van der Waals surface area contributed by atoms with Crippen LogP contribution in [0.5, 0.6) is 5.75 Å². The van der Waals surface area contributed by atoms with Gasteiger partial charge in [-0.3, -0.25) is 9.69 Å². The Kier molecular flexibility index (Phi) is 7.50. The Bertz CT molecular complexity index is 1300. The molecule has 1 amide bonds. The molecule has 0 saturated carbocycles. The molecule has 2 aromatic carbocycles. The van der Waals surface area contributed by atoms with Crippen molar-refractivity contribution in [3.63, 3.8) is 0 Å². The smallest absolute Gasteiger partial charge is 0.349 e. The van der Waals surface area contributed by atoms with Gasteiger partial charge >= 0.3 is 5.63 Å². The highest BCUT2D eigenvalue weighted by molar-refractivity contribution is 7.22. The van der Waals surface area contributed by atoms with E-state index in [0.717, 1.165) is 17.7 Å². The van der Waals surface area contributed by atoms with Gasteiger partial charge in [0.05, 0.1) is 11.8 Å². The molecule has 7 nitrogen and oxygen atoms in total. The van der Waals surface area contributed by atoms with Crippen molar-refractivity contribution < 1.29 is 13.9 Å². The largest absolute Gasteiger partial charge is 0.494 e. The third-order valence-electron chi connectivity index (χ3n) is 4.93. The van der Waals surface area contributed by atoms with E-state index in [4.69, 9.17) is 9.15 Å². The summed E-state index contributed by atoms with van der Waals surface area (Å²) in [5, 5.41) is 1.22. The van der Waals surface area contributed by atoms with Crippen molar-refractivity contribution in [1.82, 2.24) is 9.88 Å². The zero-order chi connectivity index (χ0) is 22.0. The van der Waals surface area contributed by atoms with Gasteiger partial charge in [0.2, 0.25) is 0 Å². The van der Waals surface area contributed by atoms with Crippen molar-refractivity contribution in [2.75, 3.05) is 39.2 Å². The number of benzene rings is 2. The lowest BCUT2D eigenvalue weighted by Gasteiger charge is -2.20. The number of aromatic nitrogens is 1. The summed E-state index contributed by atoms with van der Waals surface area (Å²) in [6.07, 6.45) is 0.727. The molecule has 168 valence electrons. The minimum Gasteiger partial charge on any atom is -0.494 e. The molecule has 0 fully saturated rings. The van der Waals surface area contributed by atoms with Crippen molar-refractivity contribution in [2.45, 2.75) is 6.42 Å². The van der Waals surface area contributed by atoms with Crippen LogP contribution in [0, 0.1) is 0 Å². The average molecular weight is 474 g/mol. The summed E-state index contributed by atoms with van der Waals surface area (Å²) in [6.45, 7) is 1.22. The number of hydrogen-bond acceptors (Lipinski definition) is 7. The summed E-state index contributed by atoms with van der Waals surface area (Å²) in [7, 11) is 5.55. The lowest BCUT2D eigenvalue weighted by atomic mass is 10.1. The lowest BCUT2D eigenvalue weighted by Crippen LogP contribution is -2.36. The molecule has 0 spiro atoms. The first-order valence-electron chi connectivity index (χ1n) is 9.91. The molecule has 9 heteroatoms. The minimum atomic E-state index is -0.653. The number of amides is 1. The van der Waals surface area contributed by atoms with Gasteiger partial charge in [-0.25, -0.2) is 9.78 Å². The molecule has 0 bridgehead atoms. The number of nitrogens with zero attached hydrogens (tertiary/aromatic N) is 3. The molecule has 0 unspecified atom stereocenters. The van der Waals surface area contributed by atoms with Crippen LogP contribution >= 0.6 is 23.7 Å². The van der Waals surface area contributed by atoms with Crippen LogP contribution in [0.2, 0.25) is 0 Å². The number of methoxy groups -OCH3 is 1. The Labute approximate surface area is 195 Å². The third-order valence-corrected chi connectivity index (χ3v) is 5.97. The summed E-state index contributed by atoms with van der Waals surface area (Å²) in [4.78, 5) is 34.4. The number of fused-ring (bicyclic) bond motifs is 2.